The highest BCUT2D eigenvalue weighted by molar-refractivity contribution is 7.19. The minimum absolute atomic E-state index is 0. The van der Waals surface area contributed by atoms with E-state index in [0.29, 0.717) is 27.6 Å². The Morgan fingerprint density at radius 1 is 1.32 bits per heavy atom. The van der Waals surface area contributed by atoms with Gasteiger partial charge in [0, 0.05) is 18.2 Å². The molecule has 136 valence electrons. The van der Waals surface area contributed by atoms with Gasteiger partial charge in [-0.3, -0.25) is 4.79 Å². The second-order valence-corrected chi connectivity index (χ2v) is 8.58. The first-order chi connectivity index (χ1) is 11.6. The molecule has 2 heterocycles. The summed E-state index contributed by atoms with van der Waals surface area (Å²) in [6.07, 6.45) is 5.53. The number of fused-ring (bicyclic) bond motifs is 2. The van der Waals surface area contributed by atoms with E-state index in [0.717, 1.165) is 30.6 Å². The quantitative estimate of drug-likeness (QED) is 0.810. The van der Waals surface area contributed by atoms with Crippen LogP contribution in [0.3, 0.4) is 0 Å². The van der Waals surface area contributed by atoms with Crippen molar-refractivity contribution in [2.75, 3.05) is 0 Å². The molecule has 0 radical (unpaired) electrons. The van der Waals surface area contributed by atoms with Gasteiger partial charge in [0.1, 0.15) is 0 Å². The lowest BCUT2D eigenvalue weighted by atomic mass is 9.67. The van der Waals surface area contributed by atoms with Crippen molar-refractivity contribution in [3.63, 3.8) is 0 Å². The van der Waals surface area contributed by atoms with Gasteiger partial charge >= 0.3 is 0 Å². The molecule has 2 aromatic heterocycles. The van der Waals surface area contributed by atoms with Gasteiger partial charge in [-0.05, 0) is 49.7 Å². The summed E-state index contributed by atoms with van der Waals surface area (Å²) in [5.74, 6) is 1.38. The maximum absolute atomic E-state index is 12.6. The third kappa shape index (κ3) is 3.87. The molecule has 0 aromatic carbocycles. The largest absolute Gasteiger partial charge is 0.355 e. The number of nitrogens with zero attached hydrogens (tertiary/aromatic N) is 1. The van der Waals surface area contributed by atoms with E-state index >= 15 is 0 Å². The third-order valence-corrected chi connectivity index (χ3v) is 6.48. The highest BCUT2D eigenvalue weighted by atomic mass is 35.5. The van der Waals surface area contributed by atoms with Crippen molar-refractivity contribution in [2.45, 2.75) is 44.2 Å². The number of halogens is 2. The van der Waals surface area contributed by atoms with Crippen molar-refractivity contribution in [2.24, 2.45) is 17.6 Å². The molecule has 2 fully saturated rings. The number of amides is 1. The van der Waals surface area contributed by atoms with E-state index in [-0.39, 0.29) is 30.4 Å². The van der Waals surface area contributed by atoms with Crippen molar-refractivity contribution in [3.05, 3.63) is 28.2 Å². The van der Waals surface area contributed by atoms with Crippen LogP contribution < -0.4 is 11.1 Å². The van der Waals surface area contributed by atoms with Gasteiger partial charge < -0.3 is 15.6 Å². The summed E-state index contributed by atoms with van der Waals surface area (Å²) in [4.78, 5) is 13.5. The summed E-state index contributed by atoms with van der Waals surface area (Å²) in [6, 6.07) is 5.83. The number of carbonyl (C=O) groups excluding carboxylic acids is 1. The number of hydrogen-bond donors (Lipinski definition) is 2. The van der Waals surface area contributed by atoms with E-state index in [1.165, 1.54) is 17.8 Å². The number of carbonyl (C=O) groups is 1. The fourth-order valence-electron chi connectivity index (χ4n) is 4.20. The first-order valence-corrected chi connectivity index (χ1v) is 9.58. The average Bonchev–Trinajstić information content (AvgIpc) is 3.17. The number of hydrogen-bond acceptors (Lipinski definition) is 5. The van der Waals surface area contributed by atoms with Crippen molar-refractivity contribution in [3.8, 4) is 10.6 Å². The Morgan fingerprint density at radius 2 is 2.04 bits per heavy atom. The molecule has 3 N–H and O–H groups in total. The van der Waals surface area contributed by atoms with E-state index < -0.39 is 0 Å². The molecule has 0 spiro atoms. The molecular weight excluding hydrogens is 381 g/mol. The predicted molar refractivity (Wildman–Crippen MR) is 101 cm³/mol. The fourth-order valence-corrected chi connectivity index (χ4v) is 5.19. The van der Waals surface area contributed by atoms with Crippen LogP contribution in [0.2, 0.25) is 4.34 Å². The summed E-state index contributed by atoms with van der Waals surface area (Å²) >= 11 is 7.34. The Morgan fingerprint density at radius 3 is 2.68 bits per heavy atom. The topological polar surface area (TPSA) is 81.1 Å². The van der Waals surface area contributed by atoms with Gasteiger partial charge in [-0.25, -0.2) is 0 Å². The van der Waals surface area contributed by atoms with Crippen LogP contribution in [-0.4, -0.2) is 23.1 Å². The molecular formula is C17H21Cl2N3O2S. The highest BCUT2D eigenvalue weighted by Gasteiger charge is 2.40. The minimum Gasteiger partial charge on any atom is -0.355 e. The van der Waals surface area contributed by atoms with Crippen LogP contribution in [0.4, 0.5) is 0 Å². The summed E-state index contributed by atoms with van der Waals surface area (Å²) in [6.45, 7) is 0. The van der Waals surface area contributed by atoms with Crippen molar-refractivity contribution >= 4 is 41.3 Å². The van der Waals surface area contributed by atoms with Crippen molar-refractivity contribution in [1.29, 1.82) is 0 Å². The fraction of sp³-hybridized carbons (Fsp3) is 0.529. The van der Waals surface area contributed by atoms with Gasteiger partial charge in [-0.15, -0.1) is 23.7 Å². The predicted octanol–water partition coefficient (Wildman–Crippen LogP) is 4.11. The molecule has 25 heavy (non-hydrogen) atoms. The first-order valence-electron chi connectivity index (χ1n) is 8.39. The molecule has 2 atom stereocenters. The Hall–Kier alpha value is -1.08. The van der Waals surface area contributed by atoms with Gasteiger partial charge in [0.25, 0.3) is 5.91 Å². The zero-order valence-corrected chi connectivity index (χ0v) is 16.0. The number of nitrogens with two attached hydrogens (primary N) is 1. The smallest absolute Gasteiger partial charge is 0.273 e. The molecule has 8 heteroatoms. The highest BCUT2D eigenvalue weighted by Crippen LogP contribution is 2.40. The molecule has 5 nitrogen and oxygen atoms in total. The van der Waals surface area contributed by atoms with Gasteiger partial charge in [0.2, 0.25) is 0 Å². The van der Waals surface area contributed by atoms with E-state index in [2.05, 4.69) is 10.5 Å². The maximum Gasteiger partial charge on any atom is 0.273 e. The summed E-state index contributed by atoms with van der Waals surface area (Å²) in [5.41, 5.74) is 6.47. The lowest BCUT2D eigenvalue weighted by molar-refractivity contribution is 0.0748. The lowest BCUT2D eigenvalue weighted by Crippen LogP contribution is -2.53. The maximum atomic E-state index is 12.6. The Balaban J connectivity index is 0.00000182. The van der Waals surface area contributed by atoms with Gasteiger partial charge in [0.15, 0.2) is 11.5 Å². The summed E-state index contributed by atoms with van der Waals surface area (Å²) in [5, 5.41) is 7.12. The van der Waals surface area contributed by atoms with E-state index in [1.54, 1.807) is 12.1 Å². The third-order valence-electron chi connectivity index (χ3n) is 5.23. The number of nitrogens with one attached hydrogen (secondary N) is 1. The van der Waals surface area contributed by atoms with Gasteiger partial charge in [-0.2, -0.15) is 0 Å². The van der Waals surface area contributed by atoms with Gasteiger partial charge in [0.05, 0.1) is 9.21 Å². The molecule has 0 saturated heterocycles. The summed E-state index contributed by atoms with van der Waals surface area (Å²) in [7, 11) is 0. The van der Waals surface area contributed by atoms with Crippen LogP contribution in [0.25, 0.3) is 10.6 Å². The number of thiophene rings is 1. The van der Waals surface area contributed by atoms with Gasteiger partial charge in [-0.1, -0.05) is 23.2 Å². The monoisotopic (exact) mass is 401 g/mol. The normalized spacial score (nSPS) is 28.2. The van der Waals surface area contributed by atoms with Crippen LogP contribution in [0, 0.1) is 11.8 Å². The first kappa shape index (κ1) is 18.7. The van der Waals surface area contributed by atoms with Crippen molar-refractivity contribution in [1.82, 2.24) is 10.5 Å². The van der Waals surface area contributed by atoms with Crippen LogP contribution >= 0.6 is 35.3 Å². The lowest BCUT2D eigenvalue weighted by Gasteiger charge is -2.45. The second-order valence-electron chi connectivity index (χ2n) is 6.86. The van der Waals surface area contributed by atoms with Crippen LogP contribution in [0.5, 0.6) is 0 Å². The molecule has 1 amide bonds. The molecule has 2 aromatic rings. The molecule has 2 aliphatic rings. The molecule has 2 bridgehead atoms. The van der Waals surface area contributed by atoms with E-state index in [1.807, 2.05) is 6.07 Å². The standard InChI is InChI=1S/C17H20ClN3O2S.ClH/c18-15-5-4-14(24-15)13-8-12(21-23-13)17(22)20-16-9-2-1-3-10(16)7-11(19)6-9;/h4-5,8-11,16H,1-3,6-7,19H2,(H,20,22);1H. The zero-order valence-electron chi connectivity index (χ0n) is 13.6. The van der Waals surface area contributed by atoms with Crippen LogP contribution in [0.15, 0.2) is 22.7 Å². The second kappa shape index (κ2) is 7.66. The number of aromatic nitrogens is 1. The zero-order chi connectivity index (χ0) is 16.7. The van der Waals surface area contributed by atoms with Crippen LogP contribution in [0.1, 0.15) is 42.6 Å². The Bertz CT molecular complexity index is 734. The molecule has 2 unspecified atom stereocenters. The van der Waals surface area contributed by atoms with Crippen LogP contribution in [-0.2, 0) is 0 Å². The molecule has 2 aliphatic carbocycles. The minimum atomic E-state index is -0.162. The Kier molecular flexibility index (Phi) is 5.73. The SMILES string of the molecule is Cl.NC1CC2CCCC(C1)C2NC(=O)c1cc(-c2ccc(Cl)s2)on1. The van der Waals surface area contributed by atoms with E-state index in [9.17, 15) is 4.79 Å². The van der Waals surface area contributed by atoms with Crippen molar-refractivity contribution < 1.29 is 9.32 Å². The average molecular weight is 402 g/mol. The number of rotatable bonds is 3. The molecule has 2 saturated carbocycles. The molecule has 0 aliphatic heterocycles. The summed E-state index contributed by atoms with van der Waals surface area (Å²) < 4.78 is 5.99. The molecule has 4 rings (SSSR count). The Labute approximate surface area is 161 Å². The van der Waals surface area contributed by atoms with E-state index in [4.69, 9.17) is 21.9 Å².